The highest BCUT2D eigenvalue weighted by atomic mass is 32.1. The van der Waals surface area contributed by atoms with Crippen LogP contribution in [0.15, 0.2) is 73.2 Å². The van der Waals surface area contributed by atoms with E-state index in [0.29, 0.717) is 18.1 Å². The van der Waals surface area contributed by atoms with Gasteiger partial charge in [-0.1, -0.05) is 41.7 Å². The molecular weight excluding hydrogens is 398 g/mol. The molecule has 4 rings (SSSR count). The Hall–Kier alpha value is -3.65. The van der Waals surface area contributed by atoms with E-state index < -0.39 is 0 Å². The van der Waals surface area contributed by atoms with Crippen molar-refractivity contribution in [1.29, 1.82) is 0 Å². The van der Waals surface area contributed by atoms with Crippen molar-refractivity contribution in [2.24, 2.45) is 0 Å². The van der Waals surface area contributed by atoms with E-state index in [2.05, 4.69) is 37.6 Å². The van der Waals surface area contributed by atoms with Crippen molar-refractivity contribution in [2.45, 2.75) is 6.42 Å². The van der Waals surface area contributed by atoms with Gasteiger partial charge in [-0.15, -0.1) is 10.2 Å². The first kappa shape index (κ1) is 21.1. The minimum Gasteiger partial charge on any atom is -0.477 e. The molecule has 7 nitrogen and oxygen atoms in total. The van der Waals surface area contributed by atoms with Crippen molar-refractivity contribution in [1.82, 2.24) is 20.2 Å². The third kappa shape index (κ3) is 6.46. The molecule has 0 saturated carbocycles. The molecule has 1 N–H and O–H groups in total. The Morgan fingerprint density at radius 2 is 1.83 bits per heavy atom. The van der Waals surface area contributed by atoms with Gasteiger partial charge < -0.3 is 10.1 Å². The molecule has 0 saturated heterocycles. The summed E-state index contributed by atoms with van der Waals surface area (Å²) in [7, 11) is 1.83. The molecule has 0 aliphatic carbocycles. The van der Waals surface area contributed by atoms with Crippen LogP contribution in [-0.2, 0) is 6.42 Å². The van der Waals surface area contributed by atoms with Gasteiger partial charge in [0.25, 0.3) is 0 Å². The summed E-state index contributed by atoms with van der Waals surface area (Å²) in [6.45, 7) is 0.581. The van der Waals surface area contributed by atoms with Crippen LogP contribution in [0.5, 0.6) is 5.88 Å². The lowest BCUT2D eigenvalue weighted by molar-refractivity contribution is 0.112. The zero-order valence-corrected chi connectivity index (χ0v) is 17.2. The molecule has 0 fully saturated rings. The number of ether oxygens (including phenoxy) is 1. The quantitative estimate of drug-likeness (QED) is 0.450. The zero-order valence-electron chi connectivity index (χ0n) is 16.4. The summed E-state index contributed by atoms with van der Waals surface area (Å²) in [4.78, 5) is 18.4. The average molecular weight is 420 g/mol. The molecule has 0 bridgehead atoms. The molecular formula is C22H21N5O2S. The molecule has 0 radical (unpaired) electrons. The highest BCUT2D eigenvalue weighted by Gasteiger charge is 2.03. The van der Waals surface area contributed by atoms with E-state index in [1.54, 1.807) is 24.5 Å². The molecule has 0 aliphatic rings. The Morgan fingerprint density at radius 1 is 1.03 bits per heavy atom. The van der Waals surface area contributed by atoms with Crippen LogP contribution in [0.3, 0.4) is 0 Å². The highest BCUT2D eigenvalue weighted by molar-refractivity contribution is 7.18. The van der Waals surface area contributed by atoms with Gasteiger partial charge in [0.2, 0.25) is 11.0 Å². The SMILES string of the molecule is CNc1nnc(-c2ccncc2)s1.O=Cc1ccc(OCCc2ccccc2)nc1. The smallest absolute Gasteiger partial charge is 0.213 e. The summed E-state index contributed by atoms with van der Waals surface area (Å²) in [5.74, 6) is 0.548. The predicted octanol–water partition coefficient (Wildman–Crippen LogP) is 4.16. The molecule has 152 valence electrons. The van der Waals surface area contributed by atoms with Crippen LogP contribution in [0.25, 0.3) is 10.6 Å². The number of nitrogens with one attached hydrogen (secondary N) is 1. The number of carbonyl (C=O) groups is 1. The van der Waals surface area contributed by atoms with E-state index in [-0.39, 0.29) is 0 Å². The van der Waals surface area contributed by atoms with Crippen molar-refractivity contribution in [2.75, 3.05) is 19.0 Å². The van der Waals surface area contributed by atoms with E-state index in [0.717, 1.165) is 28.4 Å². The van der Waals surface area contributed by atoms with E-state index in [4.69, 9.17) is 4.74 Å². The van der Waals surface area contributed by atoms with E-state index in [1.807, 2.05) is 37.4 Å². The van der Waals surface area contributed by atoms with Gasteiger partial charge in [0, 0.05) is 49.3 Å². The topological polar surface area (TPSA) is 89.9 Å². The maximum absolute atomic E-state index is 10.4. The minimum atomic E-state index is 0.548. The molecule has 0 spiro atoms. The second-order valence-corrected chi connectivity index (χ2v) is 7.01. The van der Waals surface area contributed by atoms with Crippen molar-refractivity contribution >= 4 is 22.8 Å². The lowest BCUT2D eigenvalue weighted by Gasteiger charge is -2.04. The van der Waals surface area contributed by atoms with Crippen LogP contribution >= 0.6 is 11.3 Å². The monoisotopic (exact) mass is 419 g/mol. The summed E-state index contributed by atoms with van der Waals surface area (Å²) < 4.78 is 5.48. The molecule has 0 unspecified atom stereocenters. The molecule has 3 aromatic heterocycles. The maximum atomic E-state index is 10.4. The molecule has 0 aliphatic heterocycles. The summed E-state index contributed by atoms with van der Waals surface area (Å²) >= 11 is 1.52. The van der Waals surface area contributed by atoms with Gasteiger partial charge in [0.15, 0.2) is 6.29 Å². The molecule has 30 heavy (non-hydrogen) atoms. The summed E-state index contributed by atoms with van der Waals surface area (Å²) in [6, 6.07) is 17.4. The van der Waals surface area contributed by atoms with Gasteiger partial charge in [-0.25, -0.2) is 4.98 Å². The second kappa shape index (κ2) is 11.4. The standard InChI is InChI=1S/C14H13NO2.C8H8N4S/c16-11-13-6-7-14(15-10-13)17-9-8-12-4-2-1-3-5-12;1-9-8-12-11-7(13-8)6-2-4-10-5-3-6/h1-7,10-11H,8-9H2;2-5H,1H3,(H,9,12). The Balaban J connectivity index is 0.000000177. The zero-order chi connectivity index (χ0) is 21.0. The Labute approximate surface area is 178 Å². The number of rotatable bonds is 7. The predicted molar refractivity (Wildman–Crippen MR) is 118 cm³/mol. The number of hydrogen-bond donors (Lipinski definition) is 1. The first-order valence-corrected chi connectivity index (χ1v) is 10.1. The molecule has 1 aromatic carbocycles. The third-order valence-electron chi connectivity index (χ3n) is 3.94. The number of benzene rings is 1. The Kier molecular flexibility index (Phi) is 7.99. The second-order valence-electron chi connectivity index (χ2n) is 6.03. The first-order valence-electron chi connectivity index (χ1n) is 9.28. The van der Waals surface area contributed by atoms with Gasteiger partial charge in [-0.05, 0) is 23.8 Å². The van der Waals surface area contributed by atoms with Crippen LogP contribution in [0.1, 0.15) is 15.9 Å². The minimum absolute atomic E-state index is 0.548. The summed E-state index contributed by atoms with van der Waals surface area (Å²) in [5.41, 5.74) is 2.84. The number of pyridine rings is 2. The number of aldehydes is 1. The van der Waals surface area contributed by atoms with Crippen LogP contribution in [0.4, 0.5) is 5.13 Å². The van der Waals surface area contributed by atoms with Gasteiger partial charge >= 0.3 is 0 Å². The molecule has 3 heterocycles. The third-order valence-corrected chi connectivity index (χ3v) is 4.93. The van der Waals surface area contributed by atoms with Crippen LogP contribution in [0.2, 0.25) is 0 Å². The lowest BCUT2D eigenvalue weighted by Crippen LogP contribution is -2.02. The lowest BCUT2D eigenvalue weighted by atomic mass is 10.2. The maximum Gasteiger partial charge on any atom is 0.213 e. The number of nitrogens with zero attached hydrogens (tertiary/aromatic N) is 4. The van der Waals surface area contributed by atoms with Crippen molar-refractivity contribution in [3.63, 3.8) is 0 Å². The van der Waals surface area contributed by atoms with Crippen molar-refractivity contribution in [3.8, 4) is 16.5 Å². The fourth-order valence-corrected chi connectivity index (χ4v) is 3.10. The highest BCUT2D eigenvalue weighted by Crippen LogP contribution is 2.24. The number of carbonyl (C=O) groups excluding carboxylic acids is 1. The van der Waals surface area contributed by atoms with Gasteiger partial charge in [-0.3, -0.25) is 9.78 Å². The molecule has 0 atom stereocenters. The van der Waals surface area contributed by atoms with E-state index in [1.165, 1.54) is 23.1 Å². The van der Waals surface area contributed by atoms with E-state index in [9.17, 15) is 4.79 Å². The first-order chi connectivity index (χ1) is 14.8. The average Bonchev–Trinajstić information content (AvgIpc) is 3.31. The fraction of sp³-hybridized carbons (Fsp3) is 0.136. The van der Waals surface area contributed by atoms with Crippen molar-refractivity contribution in [3.05, 3.63) is 84.3 Å². The van der Waals surface area contributed by atoms with Crippen LogP contribution < -0.4 is 10.1 Å². The Bertz CT molecular complexity index is 1020. The van der Waals surface area contributed by atoms with Crippen LogP contribution in [-0.4, -0.2) is 40.1 Å². The van der Waals surface area contributed by atoms with Gasteiger partial charge in [-0.2, -0.15) is 0 Å². The van der Waals surface area contributed by atoms with Gasteiger partial charge in [0.1, 0.15) is 5.01 Å². The van der Waals surface area contributed by atoms with E-state index >= 15 is 0 Å². The van der Waals surface area contributed by atoms with Crippen LogP contribution in [0, 0.1) is 0 Å². The number of anilines is 1. The van der Waals surface area contributed by atoms with Crippen molar-refractivity contribution < 1.29 is 9.53 Å². The fourth-order valence-electron chi connectivity index (χ4n) is 2.40. The summed E-state index contributed by atoms with van der Waals surface area (Å²) in [5, 5.41) is 12.7. The molecule has 8 heteroatoms. The largest absolute Gasteiger partial charge is 0.477 e. The number of hydrogen-bond acceptors (Lipinski definition) is 8. The Morgan fingerprint density at radius 3 is 2.47 bits per heavy atom. The van der Waals surface area contributed by atoms with Gasteiger partial charge in [0.05, 0.1) is 6.61 Å². The normalized spacial score (nSPS) is 9.90. The number of aromatic nitrogens is 4. The molecule has 4 aromatic rings. The summed E-state index contributed by atoms with van der Waals surface area (Å²) in [6.07, 6.45) is 6.61. The molecule has 0 amide bonds.